The molecule has 2 unspecified atom stereocenters. The molecule has 30 heavy (non-hydrogen) atoms. The van der Waals surface area contributed by atoms with Crippen molar-refractivity contribution in [2.24, 2.45) is 10.9 Å². The zero-order chi connectivity index (χ0) is 21.4. The molecular formula is C22H38IN5O2. The molecule has 1 aliphatic rings. The summed E-state index contributed by atoms with van der Waals surface area (Å²) >= 11 is 0. The molecule has 2 N–H and O–H groups in total. The first-order valence-corrected chi connectivity index (χ1v) is 10.5. The van der Waals surface area contributed by atoms with Crippen molar-refractivity contribution in [3.05, 3.63) is 29.8 Å². The quantitative estimate of drug-likeness (QED) is 0.307. The maximum atomic E-state index is 12.2. The summed E-state index contributed by atoms with van der Waals surface area (Å²) in [6.45, 7) is 8.88. The van der Waals surface area contributed by atoms with Gasteiger partial charge in [-0.25, -0.2) is 0 Å². The van der Waals surface area contributed by atoms with Crippen molar-refractivity contribution >= 4 is 35.8 Å². The van der Waals surface area contributed by atoms with Gasteiger partial charge in [0, 0.05) is 37.2 Å². The summed E-state index contributed by atoms with van der Waals surface area (Å²) in [7, 11) is 5.81. The molecule has 1 heterocycles. The Hall–Kier alpha value is -1.55. The molecule has 1 fully saturated rings. The van der Waals surface area contributed by atoms with E-state index in [0.29, 0.717) is 6.54 Å². The lowest BCUT2D eigenvalue weighted by Gasteiger charge is -2.26. The van der Waals surface area contributed by atoms with Gasteiger partial charge in [-0.3, -0.25) is 9.79 Å². The second kappa shape index (κ2) is 13.0. The van der Waals surface area contributed by atoms with E-state index in [-0.39, 0.29) is 47.9 Å². The minimum atomic E-state index is 0. The Kier molecular flexibility index (Phi) is 11.5. The van der Waals surface area contributed by atoms with E-state index in [1.54, 1.807) is 7.11 Å². The Morgan fingerprint density at radius 1 is 1.33 bits per heavy atom. The molecule has 1 amide bonds. The molecule has 0 radical (unpaired) electrons. The van der Waals surface area contributed by atoms with Crippen molar-refractivity contribution in [1.82, 2.24) is 20.4 Å². The number of amides is 1. The number of benzene rings is 1. The number of methoxy groups -OCH3 is 1. The molecule has 7 nitrogen and oxygen atoms in total. The molecule has 0 spiro atoms. The summed E-state index contributed by atoms with van der Waals surface area (Å²) < 4.78 is 5.55. The number of aliphatic imine (C=N–C) groups is 1. The predicted octanol–water partition coefficient (Wildman–Crippen LogP) is 2.73. The maximum absolute atomic E-state index is 12.2. The first-order valence-electron chi connectivity index (χ1n) is 10.5. The molecule has 1 aliphatic heterocycles. The van der Waals surface area contributed by atoms with Crippen molar-refractivity contribution in [1.29, 1.82) is 0 Å². The standard InChI is InChI=1S/C22H37N5O2.HI/c1-7-23-22(25-17-12-13-27(15-17)21(28)16(2)3)24-14-19(26(4)5)18-10-8-9-11-20(18)29-6;/h8-11,16-17,19H,7,12-15H2,1-6H3,(H2,23,24,25);1H. The molecule has 170 valence electrons. The van der Waals surface area contributed by atoms with E-state index in [1.807, 2.05) is 36.9 Å². The Labute approximate surface area is 198 Å². The van der Waals surface area contributed by atoms with E-state index in [1.165, 1.54) is 0 Å². The van der Waals surface area contributed by atoms with E-state index in [4.69, 9.17) is 9.73 Å². The fourth-order valence-corrected chi connectivity index (χ4v) is 3.62. The van der Waals surface area contributed by atoms with Crippen molar-refractivity contribution in [3.8, 4) is 5.75 Å². The summed E-state index contributed by atoms with van der Waals surface area (Å²) in [6.07, 6.45) is 0.937. The lowest BCUT2D eigenvalue weighted by molar-refractivity contribution is -0.133. The van der Waals surface area contributed by atoms with Gasteiger partial charge in [-0.05, 0) is 33.5 Å². The first-order chi connectivity index (χ1) is 13.9. The Bertz CT molecular complexity index is 696. The molecule has 1 aromatic carbocycles. The van der Waals surface area contributed by atoms with E-state index in [0.717, 1.165) is 43.3 Å². The van der Waals surface area contributed by atoms with Crippen LogP contribution in [0.15, 0.2) is 29.3 Å². The van der Waals surface area contributed by atoms with Crippen LogP contribution in [0.25, 0.3) is 0 Å². The van der Waals surface area contributed by atoms with Crippen LogP contribution in [0.3, 0.4) is 0 Å². The van der Waals surface area contributed by atoms with E-state index < -0.39 is 0 Å². The number of nitrogens with one attached hydrogen (secondary N) is 2. The van der Waals surface area contributed by atoms with Crippen molar-refractivity contribution in [2.45, 2.75) is 39.3 Å². The minimum Gasteiger partial charge on any atom is -0.496 e. The number of hydrogen-bond acceptors (Lipinski definition) is 4. The number of guanidine groups is 1. The lowest BCUT2D eigenvalue weighted by atomic mass is 10.0. The SMILES string of the molecule is CCNC(=NCC(c1ccccc1OC)N(C)C)NC1CCN(C(=O)C(C)C)C1.I. The van der Waals surface area contributed by atoms with E-state index in [9.17, 15) is 4.79 Å². The topological polar surface area (TPSA) is 69.2 Å². The van der Waals surface area contributed by atoms with Crippen LogP contribution >= 0.6 is 24.0 Å². The molecule has 0 aromatic heterocycles. The Balaban J connectivity index is 0.00000450. The minimum absolute atomic E-state index is 0. The van der Waals surface area contributed by atoms with Gasteiger partial charge < -0.3 is 25.2 Å². The third-order valence-corrected chi connectivity index (χ3v) is 5.22. The number of carbonyl (C=O) groups excluding carboxylic acids is 1. The van der Waals surface area contributed by atoms with Gasteiger partial charge in [0.25, 0.3) is 0 Å². The van der Waals surface area contributed by atoms with Gasteiger partial charge >= 0.3 is 0 Å². The maximum Gasteiger partial charge on any atom is 0.225 e. The van der Waals surface area contributed by atoms with Gasteiger partial charge in [0.1, 0.15) is 5.75 Å². The second-order valence-electron chi connectivity index (χ2n) is 8.01. The number of para-hydroxylation sites is 1. The summed E-state index contributed by atoms with van der Waals surface area (Å²) in [6, 6.07) is 8.40. The van der Waals surface area contributed by atoms with Crippen LogP contribution in [0.5, 0.6) is 5.75 Å². The van der Waals surface area contributed by atoms with E-state index >= 15 is 0 Å². The number of halogens is 1. The number of nitrogens with zero attached hydrogens (tertiary/aromatic N) is 3. The summed E-state index contributed by atoms with van der Waals surface area (Å²) in [5.74, 6) is 1.92. The smallest absolute Gasteiger partial charge is 0.225 e. The molecule has 0 aliphatic carbocycles. The van der Waals surface area contributed by atoms with E-state index in [2.05, 4.69) is 42.6 Å². The average molecular weight is 531 g/mol. The monoisotopic (exact) mass is 531 g/mol. The first kappa shape index (κ1) is 26.5. The highest BCUT2D eigenvalue weighted by molar-refractivity contribution is 14.0. The number of ether oxygens (including phenoxy) is 1. The largest absolute Gasteiger partial charge is 0.496 e. The van der Waals surface area contributed by atoms with Crippen molar-refractivity contribution in [3.63, 3.8) is 0 Å². The lowest BCUT2D eigenvalue weighted by Crippen LogP contribution is -2.45. The summed E-state index contributed by atoms with van der Waals surface area (Å²) in [5.41, 5.74) is 1.12. The Morgan fingerprint density at radius 3 is 2.63 bits per heavy atom. The highest BCUT2D eigenvalue weighted by atomic mass is 127. The van der Waals surface area contributed by atoms with Crippen LogP contribution in [0.2, 0.25) is 0 Å². The third-order valence-electron chi connectivity index (χ3n) is 5.22. The number of rotatable bonds is 8. The van der Waals surface area contributed by atoms with Crippen LogP contribution in [0.4, 0.5) is 0 Å². The number of likely N-dealkylation sites (N-methyl/N-ethyl adjacent to an activating group) is 1. The normalized spacial score (nSPS) is 17.7. The van der Waals surface area contributed by atoms with Crippen molar-refractivity contribution < 1.29 is 9.53 Å². The molecule has 1 aromatic rings. The molecule has 2 rings (SSSR count). The summed E-state index contributed by atoms with van der Waals surface area (Å²) in [4.78, 5) is 21.2. The second-order valence-corrected chi connectivity index (χ2v) is 8.01. The Morgan fingerprint density at radius 2 is 2.03 bits per heavy atom. The van der Waals surface area contributed by atoms with Gasteiger partial charge in [-0.1, -0.05) is 32.0 Å². The average Bonchev–Trinajstić information content (AvgIpc) is 3.16. The van der Waals surface area contributed by atoms with Gasteiger partial charge in [0.05, 0.1) is 19.7 Å². The molecule has 1 saturated heterocycles. The van der Waals surface area contributed by atoms with Crippen molar-refractivity contribution in [2.75, 3.05) is 47.4 Å². The predicted molar refractivity (Wildman–Crippen MR) is 134 cm³/mol. The van der Waals surface area contributed by atoms with Crippen LogP contribution in [-0.4, -0.2) is 75.1 Å². The zero-order valence-electron chi connectivity index (χ0n) is 19.1. The zero-order valence-corrected chi connectivity index (χ0v) is 21.5. The summed E-state index contributed by atoms with van der Waals surface area (Å²) in [5, 5.41) is 6.85. The fraction of sp³-hybridized carbons (Fsp3) is 0.636. The van der Waals surface area contributed by atoms with Gasteiger partial charge in [0.15, 0.2) is 5.96 Å². The highest BCUT2D eigenvalue weighted by Crippen LogP contribution is 2.28. The van der Waals surface area contributed by atoms with Crippen LogP contribution < -0.4 is 15.4 Å². The van der Waals surface area contributed by atoms with Gasteiger partial charge in [-0.2, -0.15) is 0 Å². The number of likely N-dealkylation sites (tertiary alicyclic amines) is 1. The van der Waals surface area contributed by atoms with Crippen LogP contribution in [-0.2, 0) is 4.79 Å². The fourth-order valence-electron chi connectivity index (χ4n) is 3.62. The highest BCUT2D eigenvalue weighted by Gasteiger charge is 2.28. The van der Waals surface area contributed by atoms with Gasteiger partial charge in [-0.15, -0.1) is 24.0 Å². The number of carbonyl (C=O) groups is 1. The third kappa shape index (κ3) is 7.30. The molecule has 0 saturated carbocycles. The molecule has 2 atom stereocenters. The van der Waals surface area contributed by atoms with Crippen LogP contribution in [0.1, 0.15) is 38.8 Å². The molecular weight excluding hydrogens is 493 g/mol. The molecule has 8 heteroatoms. The van der Waals surface area contributed by atoms with Gasteiger partial charge in [0.2, 0.25) is 5.91 Å². The van der Waals surface area contributed by atoms with Crippen LogP contribution in [0, 0.1) is 5.92 Å². The number of hydrogen-bond donors (Lipinski definition) is 2. The molecule has 0 bridgehead atoms.